The summed E-state index contributed by atoms with van der Waals surface area (Å²) in [6.45, 7) is 1.78. The maximum atomic E-state index is 11.9. The second-order valence-corrected chi connectivity index (χ2v) is 4.96. The van der Waals surface area contributed by atoms with Crippen LogP contribution in [0.4, 0.5) is 0 Å². The molecule has 1 amide bonds. The highest BCUT2D eigenvalue weighted by Crippen LogP contribution is 2.41. The van der Waals surface area contributed by atoms with Gasteiger partial charge in [0.2, 0.25) is 5.91 Å². The van der Waals surface area contributed by atoms with Crippen molar-refractivity contribution in [2.24, 2.45) is 5.41 Å². The van der Waals surface area contributed by atoms with Crippen molar-refractivity contribution in [3.05, 3.63) is 0 Å². The molecule has 1 saturated carbocycles. The van der Waals surface area contributed by atoms with E-state index >= 15 is 0 Å². The molecule has 2 N–H and O–H groups in total. The number of nitrogens with one attached hydrogen (secondary N) is 1. The number of carbonyl (C=O) groups excluding carboxylic acids is 1. The summed E-state index contributed by atoms with van der Waals surface area (Å²) in [7, 11) is 2.00. The van der Waals surface area contributed by atoms with Gasteiger partial charge in [0.1, 0.15) is 5.41 Å². The molecule has 2 aliphatic rings. The number of carbonyl (C=O) groups is 2. The molecule has 5 heteroatoms. The molecule has 1 heterocycles. The second kappa shape index (κ2) is 4.05. The standard InChI is InChI=1S/C11H18N2O3/c1-13-6-3-8(7-13)12-9(14)11(10(15)16)4-2-5-11/h8H,2-7H2,1H3,(H,12,14)(H,15,16). The Morgan fingerprint density at radius 2 is 2.12 bits per heavy atom. The van der Waals surface area contributed by atoms with E-state index in [1.165, 1.54) is 0 Å². The molecule has 0 aromatic heterocycles. The predicted molar refractivity (Wildman–Crippen MR) is 58.0 cm³/mol. The predicted octanol–water partition coefficient (Wildman–Crippen LogP) is 0.0616. The summed E-state index contributed by atoms with van der Waals surface area (Å²) in [5, 5.41) is 12.0. The Morgan fingerprint density at radius 1 is 1.44 bits per heavy atom. The van der Waals surface area contributed by atoms with Crippen molar-refractivity contribution in [2.75, 3.05) is 20.1 Å². The maximum absolute atomic E-state index is 11.9. The molecular weight excluding hydrogens is 208 g/mol. The zero-order valence-corrected chi connectivity index (χ0v) is 9.53. The molecule has 1 aliphatic carbocycles. The van der Waals surface area contributed by atoms with E-state index < -0.39 is 11.4 Å². The first-order valence-corrected chi connectivity index (χ1v) is 5.77. The molecule has 1 saturated heterocycles. The number of likely N-dealkylation sites (tertiary alicyclic amines) is 1. The van der Waals surface area contributed by atoms with Crippen LogP contribution in [0.15, 0.2) is 0 Å². The van der Waals surface area contributed by atoms with Crippen LogP contribution >= 0.6 is 0 Å². The average Bonchev–Trinajstić information content (AvgIpc) is 2.47. The van der Waals surface area contributed by atoms with Crippen molar-refractivity contribution in [1.82, 2.24) is 10.2 Å². The van der Waals surface area contributed by atoms with E-state index in [4.69, 9.17) is 5.11 Å². The fourth-order valence-electron chi connectivity index (χ4n) is 2.44. The summed E-state index contributed by atoms with van der Waals surface area (Å²) in [6.07, 6.45) is 2.72. The van der Waals surface area contributed by atoms with Gasteiger partial charge in [-0.25, -0.2) is 0 Å². The number of hydrogen-bond acceptors (Lipinski definition) is 3. The Labute approximate surface area is 94.8 Å². The van der Waals surface area contributed by atoms with Crippen molar-refractivity contribution in [2.45, 2.75) is 31.7 Å². The van der Waals surface area contributed by atoms with E-state index in [0.717, 1.165) is 25.9 Å². The highest BCUT2D eigenvalue weighted by molar-refractivity contribution is 6.02. The molecular formula is C11H18N2O3. The highest BCUT2D eigenvalue weighted by atomic mass is 16.4. The molecule has 90 valence electrons. The van der Waals surface area contributed by atoms with E-state index in [0.29, 0.717) is 12.8 Å². The molecule has 1 aliphatic heterocycles. The fourth-order valence-corrected chi connectivity index (χ4v) is 2.44. The van der Waals surface area contributed by atoms with Gasteiger partial charge >= 0.3 is 5.97 Å². The van der Waals surface area contributed by atoms with E-state index in [1.54, 1.807) is 0 Å². The van der Waals surface area contributed by atoms with E-state index in [1.807, 2.05) is 7.05 Å². The highest BCUT2D eigenvalue weighted by Gasteiger charge is 2.51. The Kier molecular flexibility index (Phi) is 2.88. The molecule has 2 rings (SSSR count). The topological polar surface area (TPSA) is 69.6 Å². The van der Waals surface area contributed by atoms with Gasteiger partial charge in [0.25, 0.3) is 0 Å². The van der Waals surface area contributed by atoms with Crippen LogP contribution in [0, 0.1) is 5.41 Å². The number of likely N-dealkylation sites (N-methyl/N-ethyl adjacent to an activating group) is 1. The molecule has 2 fully saturated rings. The average molecular weight is 226 g/mol. The summed E-state index contributed by atoms with van der Waals surface area (Å²) in [5.41, 5.74) is -1.12. The third kappa shape index (κ3) is 1.80. The van der Waals surface area contributed by atoms with Crippen molar-refractivity contribution < 1.29 is 14.7 Å². The summed E-state index contributed by atoms with van der Waals surface area (Å²) in [4.78, 5) is 25.2. The molecule has 5 nitrogen and oxygen atoms in total. The van der Waals surface area contributed by atoms with Crippen molar-refractivity contribution in [1.29, 1.82) is 0 Å². The molecule has 0 radical (unpaired) electrons. The van der Waals surface area contributed by atoms with Gasteiger partial charge in [0, 0.05) is 12.6 Å². The van der Waals surface area contributed by atoms with E-state index in [-0.39, 0.29) is 11.9 Å². The van der Waals surface area contributed by atoms with Crippen LogP contribution in [0.25, 0.3) is 0 Å². The maximum Gasteiger partial charge on any atom is 0.319 e. The first-order chi connectivity index (χ1) is 7.54. The quantitative estimate of drug-likeness (QED) is 0.668. The SMILES string of the molecule is CN1CCC(NC(=O)C2(C(=O)O)CCC2)C1. The van der Waals surface area contributed by atoms with Crippen LogP contribution in [0.2, 0.25) is 0 Å². The summed E-state index contributed by atoms with van der Waals surface area (Å²) in [6, 6.07) is 0.120. The van der Waals surface area contributed by atoms with Gasteiger partial charge in [-0.3, -0.25) is 9.59 Å². The lowest BCUT2D eigenvalue weighted by Gasteiger charge is -2.36. The summed E-state index contributed by atoms with van der Waals surface area (Å²) < 4.78 is 0. The fraction of sp³-hybridized carbons (Fsp3) is 0.818. The molecule has 16 heavy (non-hydrogen) atoms. The van der Waals surface area contributed by atoms with Gasteiger partial charge in [-0.05, 0) is 32.9 Å². The monoisotopic (exact) mass is 226 g/mol. The van der Waals surface area contributed by atoms with Crippen LogP contribution < -0.4 is 5.32 Å². The lowest BCUT2D eigenvalue weighted by molar-refractivity contribution is -0.162. The number of rotatable bonds is 3. The van der Waals surface area contributed by atoms with E-state index in [9.17, 15) is 9.59 Å². The zero-order valence-electron chi connectivity index (χ0n) is 9.53. The Hall–Kier alpha value is -1.10. The van der Waals surface area contributed by atoms with Gasteiger partial charge in [-0.1, -0.05) is 6.42 Å². The Balaban J connectivity index is 1.94. The number of nitrogens with zero attached hydrogens (tertiary/aromatic N) is 1. The third-order valence-electron chi connectivity index (χ3n) is 3.78. The van der Waals surface area contributed by atoms with Gasteiger partial charge in [0.05, 0.1) is 0 Å². The van der Waals surface area contributed by atoms with Crippen LogP contribution in [0.1, 0.15) is 25.7 Å². The molecule has 1 unspecified atom stereocenters. The third-order valence-corrected chi connectivity index (χ3v) is 3.78. The smallest absolute Gasteiger partial charge is 0.319 e. The minimum absolute atomic E-state index is 0.120. The van der Waals surface area contributed by atoms with Crippen LogP contribution in [-0.4, -0.2) is 48.1 Å². The van der Waals surface area contributed by atoms with Gasteiger partial charge < -0.3 is 15.3 Å². The van der Waals surface area contributed by atoms with Crippen LogP contribution in [0.3, 0.4) is 0 Å². The molecule has 0 spiro atoms. The van der Waals surface area contributed by atoms with Gasteiger partial charge in [-0.2, -0.15) is 0 Å². The molecule has 0 bridgehead atoms. The number of aliphatic carboxylic acids is 1. The lowest BCUT2D eigenvalue weighted by Crippen LogP contribution is -2.53. The van der Waals surface area contributed by atoms with Gasteiger partial charge in [-0.15, -0.1) is 0 Å². The normalized spacial score (nSPS) is 28.4. The molecule has 0 aromatic rings. The van der Waals surface area contributed by atoms with Gasteiger partial charge in [0.15, 0.2) is 0 Å². The zero-order chi connectivity index (χ0) is 11.8. The van der Waals surface area contributed by atoms with Crippen LogP contribution in [0.5, 0.6) is 0 Å². The van der Waals surface area contributed by atoms with Crippen molar-refractivity contribution in [3.63, 3.8) is 0 Å². The minimum atomic E-state index is -1.12. The number of amides is 1. The Bertz CT molecular complexity index is 312. The number of carboxylic acids is 1. The number of hydrogen-bond donors (Lipinski definition) is 2. The molecule has 0 aromatic carbocycles. The lowest BCUT2D eigenvalue weighted by atomic mass is 9.68. The number of carboxylic acid groups (broad SMARTS) is 1. The minimum Gasteiger partial charge on any atom is -0.480 e. The largest absolute Gasteiger partial charge is 0.480 e. The Morgan fingerprint density at radius 3 is 2.50 bits per heavy atom. The summed E-state index contributed by atoms with van der Waals surface area (Å²) >= 11 is 0. The van der Waals surface area contributed by atoms with Crippen molar-refractivity contribution in [3.8, 4) is 0 Å². The van der Waals surface area contributed by atoms with E-state index in [2.05, 4.69) is 10.2 Å². The first kappa shape index (κ1) is 11.4. The first-order valence-electron chi connectivity index (χ1n) is 5.77. The van der Waals surface area contributed by atoms with Crippen LogP contribution in [-0.2, 0) is 9.59 Å². The second-order valence-electron chi connectivity index (χ2n) is 4.96. The summed E-state index contributed by atoms with van der Waals surface area (Å²) in [5.74, 6) is -1.26. The van der Waals surface area contributed by atoms with Crippen molar-refractivity contribution >= 4 is 11.9 Å². The molecule has 1 atom stereocenters.